The van der Waals surface area contributed by atoms with Crippen LogP contribution < -0.4 is 0 Å². The van der Waals surface area contributed by atoms with Crippen LogP contribution in [0.25, 0.3) is 6.08 Å². The van der Waals surface area contributed by atoms with Crippen molar-refractivity contribution in [1.82, 2.24) is 0 Å². The number of carbonyl (C=O) groups excluding carboxylic acids is 1. The predicted molar refractivity (Wildman–Crippen MR) is 107 cm³/mol. The molecule has 0 saturated carbocycles. The van der Waals surface area contributed by atoms with Gasteiger partial charge in [0.1, 0.15) is 5.76 Å². The Morgan fingerprint density at radius 3 is 2.32 bits per heavy atom. The van der Waals surface area contributed by atoms with E-state index in [1.165, 1.54) is 0 Å². The van der Waals surface area contributed by atoms with E-state index in [1.54, 1.807) is 0 Å². The Labute approximate surface area is 157 Å². The highest BCUT2D eigenvalue weighted by Gasteiger charge is 2.37. The Balaban J connectivity index is 1.83. The molecule has 0 amide bonds. The van der Waals surface area contributed by atoms with Crippen molar-refractivity contribution < 1.29 is 9.16 Å². The fraction of sp³-hybridized carbons (Fsp3) is 0.136. The summed E-state index contributed by atoms with van der Waals surface area (Å²) in [6.45, 7) is 3.82. The molecule has 3 rings (SSSR count). The Morgan fingerprint density at radius 1 is 1.00 bits per heavy atom. The number of hydrogen-bond donors (Lipinski definition) is 0. The molecule has 0 aliphatic carbocycles. The molecule has 0 saturated heterocycles. The van der Waals surface area contributed by atoms with Gasteiger partial charge in [-0.3, -0.25) is 0 Å². The van der Waals surface area contributed by atoms with Gasteiger partial charge in [0.15, 0.2) is 0 Å². The minimum absolute atomic E-state index is 0.713. The minimum Gasteiger partial charge on any atom is -0.409 e. The van der Waals surface area contributed by atoms with Crippen LogP contribution in [0.5, 0.6) is 0 Å². The molecule has 0 radical (unpaired) electrons. The lowest BCUT2D eigenvalue weighted by molar-refractivity contribution is -0.462. The molecule has 0 spiro atoms. The number of hydrogen-bond acceptors (Lipinski definition) is 1. The van der Waals surface area contributed by atoms with Gasteiger partial charge in [-0.1, -0.05) is 64.5 Å². The molecule has 1 aliphatic heterocycles. The van der Waals surface area contributed by atoms with Gasteiger partial charge in [-0.15, -0.1) is 0 Å². The van der Waals surface area contributed by atoms with Gasteiger partial charge in [-0.05, 0) is 35.9 Å². The van der Waals surface area contributed by atoms with Crippen molar-refractivity contribution in [3.05, 3.63) is 100 Å². The molecule has 25 heavy (non-hydrogen) atoms. The summed E-state index contributed by atoms with van der Waals surface area (Å²) >= 11 is 3.58. The summed E-state index contributed by atoms with van der Waals surface area (Å²) < 4.78 is 12.8. The summed E-state index contributed by atoms with van der Waals surface area (Å²) in [7, 11) is 0. The van der Waals surface area contributed by atoms with Crippen LogP contribution in [-0.2, 0) is 4.74 Å². The van der Waals surface area contributed by atoms with Crippen molar-refractivity contribution in [2.45, 2.75) is 19.6 Å². The van der Waals surface area contributed by atoms with Crippen LogP contribution in [-0.4, -0.2) is 11.6 Å². The largest absolute Gasteiger partial charge is 0.424 e. The Bertz CT molecular complexity index is 844. The van der Waals surface area contributed by atoms with Gasteiger partial charge in [-0.2, -0.15) is 0 Å². The number of ether oxygens (including phenoxy) is 1. The normalized spacial score (nSPS) is 17.0. The SMILES string of the molecule is CC1(C)OC(/C=C/C(Br)=C/c2ccccc2)=CC(c2ccccc2)=[O+]1. The third kappa shape index (κ3) is 5.04. The third-order valence-corrected chi connectivity index (χ3v) is 4.06. The third-order valence-electron chi connectivity index (χ3n) is 3.56. The molecular weight excluding hydrogens is 376 g/mol. The van der Waals surface area contributed by atoms with Crippen molar-refractivity contribution in [1.29, 1.82) is 0 Å². The standard InChI is InChI=1S/C22H20BrO2/c1-22(2)24-20(16-21(25-22)18-11-7-4-8-12-18)14-13-19(23)15-17-9-5-3-6-10-17/h3-16H,1-2H3/q+1/b14-13+,19-15-. The highest BCUT2D eigenvalue weighted by Crippen LogP contribution is 2.25. The Kier molecular flexibility index (Phi) is 5.34. The van der Waals surface area contributed by atoms with E-state index in [-0.39, 0.29) is 0 Å². The summed E-state index contributed by atoms with van der Waals surface area (Å²) in [4.78, 5) is 0. The van der Waals surface area contributed by atoms with Gasteiger partial charge in [0.25, 0.3) is 0 Å². The molecule has 2 aromatic rings. The average Bonchev–Trinajstić information content (AvgIpc) is 2.60. The number of benzene rings is 2. The highest BCUT2D eigenvalue weighted by atomic mass is 79.9. The van der Waals surface area contributed by atoms with Crippen LogP contribution in [0.2, 0.25) is 0 Å². The van der Waals surface area contributed by atoms with Gasteiger partial charge < -0.3 is 4.74 Å². The second kappa shape index (κ2) is 7.66. The van der Waals surface area contributed by atoms with E-state index in [0.717, 1.165) is 27.2 Å². The Hall–Kier alpha value is -2.39. The van der Waals surface area contributed by atoms with E-state index in [1.807, 2.05) is 80.6 Å². The first kappa shape index (κ1) is 17.4. The smallest absolute Gasteiger partial charge is 0.409 e. The lowest BCUT2D eigenvalue weighted by atomic mass is 10.1. The molecule has 0 atom stereocenters. The first-order chi connectivity index (χ1) is 12.0. The molecule has 2 nitrogen and oxygen atoms in total. The van der Waals surface area contributed by atoms with E-state index in [4.69, 9.17) is 9.16 Å². The molecule has 1 heterocycles. The fourth-order valence-corrected chi connectivity index (χ4v) is 2.90. The zero-order valence-electron chi connectivity index (χ0n) is 14.3. The molecule has 0 N–H and O–H groups in total. The van der Waals surface area contributed by atoms with Crippen LogP contribution in [0, 0.1) is 0 Å². The summed E-state index contributed by atoms with van der Waals surface area (Å²) in [5, 5.41) is 0. The molecule has 2 aromatic carbocycles. The van der Waals surface area contributed by atoms with E-state index >= 15 is 0 Å². The number of ketones is 1. The summed E-state index contributed by atoms with van der Waals surface area (Å²) in [5.41, 5.74) is 2.17. The summed E-state index contributed by atoms with van der Waals surface area (Å²) in [6, 6.07) is 20.2. The molecule has 0 aromatic heterocycles. The van der Waals surface area contributed by atoms with Crippen LogP contribution >= 0.6 is 15.9 Å². The molecular formula is C22H20BrO2+. The second-order valence-electron chi connectivity index (χ2n) is 6.15. The quantitative estimate of drug-likeness (QED) is 0.455. The number of halogens is 1. The zero-order valence-corrected chi connectivity index (χ0v) is 15.9. The lowest BCUT2D eigenvalue weighted by Crippen LogP contribution is -2.27. The number of allylic oxidation sites excluding steroid dienone is 4. The molecule has 3 heteroatoms. The zero-order chi connectivity index (χ0) is 17.7. The van der Waals surface area contributed by atoms with Crippen molar-refractivity contribution in [2.24, 2.45) is 0 Å². The maximum atomic E-state index is 5.95. The molecule has 0 fully saturated rings. The Morgan fingerprint density at radius 2 is 1.64 bits per heavy atom. The van der Waals surface area contributed by atoms with Gasteiger partial charge in [-0.25, -0.2) is 4.42 Å². The van der Waals surface area contributed by atoms with Crippen molar-refractivity contribution >= 4 is 27.8 Å². The van der Waals surface area contributed by atoms with Gasteiger partial charge in [0.05, 0.1) is 25.5 Å². The van der Waals surface area contributed by atoms with E-state index in [2.05, 4.69) is 34.1 Å². The minimum atomic E-state index is -0.713. The lowest BCUT2D eigenvalue weighted by Gasteiger charge is -2.17. The monoisotopic (exact) mass is 395 g/mol. The van der Waals surface area contributed by atoms with Gasteiger partial charge in [0.2, 0.25) is 0 Å². The van der Waals surface area contributed by atoms with Gasteiger partial charge >= 0.3 is 11.6 Å². The maximum Gasteiger partial charge on any atom is 0.424 e. The predicted octanol–water partition coefficient (Wildman–Crippen LogP) is 6.05. The van der Waals surface area contributed by atoms with Crippen molar-refractivity contribution in [3.8, 4) is 0 Å². The average molecular weight is 396 g/mol. The van der Waals surface area contributed by atoms with Crippen molar-refractivity contribution in [3.63, 3.8) is 0 Å². The fourth-order valence-electron chi connectivity index (χ4n) is 2.50. The second-order valence-corrected chi connectivity index (χ2v) is 7.07. The number of rotatable bonds is 4. The van der Waals surface area contributed by atoms with Crippen LogP contribution in [0.15, 0.2) is 89.1 Å². The van der Waals surface area contributed by atoms with Crippen LogP contribution in [0.1, 0.15) is 29.4 Å². The maximum absolute atomic E-state index is 5.95. The first-order valence-corrected chi connectivity index (χ1v) is 8.94. The van der Waals surface area contributed by atoms with E-state index in [0.29, 0.717) is 0 Å². The molecule has 0 unspecified atom stereocenters. The highest BCUT2D eigenvalue weighted by molar-refractivity contribution is 9.12. The first-order valence-electron chi connectivity index (χ1n) is 8.14. The van der Waals surface area contributed by atoms with Crippen molar-refractivity contribution in [2.75, 3.05) is 0 Å². The van der Waals surface area contributed by atoms with E-state index < -0.39 is 5.79 Å². The summed E-state index contributed by atoms with van der Waals surface area (Å²) in [6.07, 6.45) is 7.89. The summed E-state index contributed by atoms with van der Waals surface area (Å²) in [5.74, 6) is 0.850. The van der Waals surface area contributed by atoms with Crippen LogP contribution in [0.4, 0.5) is 0 Å². The molecule has 126 valence electrons. The van der Waals surface area contributed by atoms with Crippen LogP contribution in [0.3, 0.4) is 0 Å². The molecule has 0 bridgehead atoms. The van der Waals surface area contributed by atoms with Gasteiger partial charge in [0, 0.05) is 4.48 Å². The molecule has 1 aliphatic rings. The topological polar surface area (TPSA) is 20.5 Å². The van der Waals surface area contributed by atoms with E-state index in [9.17, 15) is 0 Å².